The van der Waals surface area contributed by atoms with Crippen LogP contribution in [-0.2, 0) is 13.0 Å². The number of hydrogen-bond donors (Lipinski definition) is 3. The minimum atomic E-state index is -0.137. The molecule has 3 N–H and O–H groups in total. The Kier molecular flexibility index (Phi) is 5.72. The fourth-order valence-electron chi connectivity index (χ4n) is 5.73. The molecule has 4 aromatic carbocycles. The lowest BCUT2D eigenvalue weighted by Gasteiger charge is -2.17. The maximum Gasteiger partial charge on any atom is 0.255 e. The molecule has 0 bridgehead atoms. The van der Waals surface area contributed by atoms with Gasteiger partial charge in [0.2, 0.25) is 5.95 Å². The lowest BCUT2D eigenvalue weighted by atomic mass is 9.98. The molecule has 3 aromatic heterocycles. The van der Waals surface area contributed by atoms with Crippen molar-refractivity contribution < 1.29 is 9.21 Å². The van der Waals surface area contributed by atoms with Gasteiger partial charge in [0.1, 0.15) is 11.2 Å². The Balaban J connectivity index is 1.12. The number of hydrogen-bond acceptors (Lipinski definition) is 6. The Morgan fingerprint density at radius 1 is 0.857 bits per heavy atom. The molecule has 0 atom stereocenters. The van der Waals surface area contributed by atoms with Gasteiger partial charge in [-0.15, -0.1) is 0 Å². The van der Waals surface area contributed by atoms with Gasteiger partial charge in [0.05, 0.1) is 17.4 Å². The van der Waals surface area contributed by atoms with E-state index in [0.717, 1.165) is 63.9 Å². The molecule has 0 saturated carbocycles. The molecule has 204 valence electrons. The van der Waals surface area contributed by atoms with Gasteiger partial charge in [0.15, 0.2) is 0 Å². The molecule has 0 unspecified atom stereocenters. The van der Waals surface area contributed by atoms with Crippen molar-refractivity contribution in [3.63, 3.8) is 0 Å². The number of carbonyl (C=O) groups is 1. The number of carbonyl (C=O) groups excluding carboxylic acids is 1. The van der Waals surface area contributed by atoms with Crippen molar-refractivity contribution in [3.05, 3.63) is 120 Å². The van der Waals surface area contributed by atoms with Gasteiger partial charge in [0, 0.05) is 39.8 Å². The van der Waals surface area contributed by atoms with Gasteiger partial charge in [0.25, 0.3) is 5.91 Å². The number of nitrogens with one attached hydrogen (secondary N) is 3. The lowest BCUT2D eigenvalue weighted by Crippen LogP contribution is -2.24. The minimum absolute atomic E-state index is 0.137. The molecule has 1 aliphatic heterocycles. The summed E-state index contributed by atoms with van der Waals surface area (Å²) in [6, 6.07) is 31.6. The minimum Gasteiger partial charge on any atom is -0.455 e. The molecule has 42 heavy (non-hydrogen) atoms. The van der Waals surface area contributed by atoms with E-state index in [1.54, 1.807) is 10.7 Å². The fraction of sp³-hybridized carbons (Fsp3) is 0.0882. The lowest BCUT2D eigenvalue weighted by molar-refractivity contribution is 0.102. The quantitative estimate of drug-likeness (QED) is 0.215. The monoisotopic (exact) mass is 550 g/mol. The Hall–Kier alpha value is -5.47. The number of amides is 1. The third-order valence-electron chi connectivity index (χ3n) is 7.80. The van der Waals surface area contributed by atoms with Crippen LogP contribution in [0, 0.1) is 0 Å². The first kappa shape index (κ1) is 24.3. The highest BCUT2D eigenvalue weighted by Gasteiger charge is 2.16. The summed E-state index contributed by atoms with van der Waals surface area (Å²) in [5, 5.41) is 16.4. The summed E-state index contributed by atoms with van der Waals surface area (Å²) < 4.78 is 8.04. The molecule has 8 rings (SSSR count). The van der Waals surface area contributed by atoms with E-state index in [-0.39, 0.29) is 5.91 Å². The van der Waals surface area contributed by atoms with Crippen LogP contribution in [-0.4, -0.2) is 27.0 Å². The van der Waals surface area contributed by atoms with E-state index >= 15 is 0 Å². The van der Waals surface area contributed by atoms with E-state index < -0.39 is 0 Å². The number of aromatic nitrogens is 3. The Bertz CT molecular complexity index is 2140. The summed E-state index contributed by atoms with van der Waals surface area (Å²) in [6.07, 6.45) is 2.67. The topological polar surface area (TPSA) is 96.5 Å². The second kappa shape index (κ2) is 9.87. The molecule has 0 aliphatic carbocycles. The molecule has 0 fully saturated rings. The molecule has 7 aromatic rings. The summed E-state index contributed by atoms with van der Waals surface area (Å²) in [4.78, 5) is 18.1. The predicted molar refractivity (Wildman–Crippen MR) is 165 cm³/mol. The van der Waals surface area contributed by atoms with Crippen LogP contribution >= 0.6 is 0 Å². The average molecular weight is 551 g/mol. The van der Waals surface area contributed by atoms with Crippen molar-refractivity contribution in [3.8, 4) is 11.3 Å². The van der Waals surface area contributed by atoms with E-state index in [9.17, 15) is 4.79 Å². The summed E-state index contributed by atoms with van der Waals surface area (Å²) in [7, 11) is 0. The third kappa shape index (κ3) is 4.25. The van der Waals surface area contributed by atoms with Crippen LogP contribution in [0.2, 0.25) is 0 Å². The number of benzene rings is 4. The molecular formula is C34H26N6O2. The van der Waals surface area contributed by atoms with Crippen molar-refractivity contribution in [2.75, 3.05) is 17.2 Å². The van der Waals surface area contributed by atoms with Crippen LogP contribution < -0.4 is 16.0 Å². The maximum absolute atomic E-state index is 13.1. The summed E-state index contributed by atoms with van der Waals surface area (Å²) >= 11 is 0. The number of para-hydroxylation sites is 2. The van der Waals surface area contributed by atoms with Crippen LogP contribution in [0.25, 0.3) is 38.7 Å². The highest BCUT2D eigenvalue weighted by Crippen LogP contribution is 2.36. The second-order valence-corrected chi connectivity index (χ2v) is 10.5. The number of anilines is 3. The van der Waals surface area contributed by atoms with E-state index in [2.05, 4.69) is 33.2 Å². The zero-order valence-electron chi connectivity index (χ0n) is 22.6. The van der Waals surface area contributed by atoms with Gasteiger partial charge in [-0.2, -0.15) is 5.10 Å². The second-order valence-electron chi connectivity index (χ2n) is 10.5. The first-order chi connectivity index (χ1) is 20.7. The van der Waals surface area contributed by atoms with E-state index in [1.807, 2.05) is 84.9 Å². The van der Waals surface area contributed by atoms with Gasteiger partial charge < -0.3 is 20.4 Å². The summed E-state index contributed by atoms with van der Waals surface area (Å²) in [5.41, 5.74) is 8.78. The van der Waals surface area contributed by atoms with E-state index in [1.165, 1.54) is 11.1 Å². The highest BCUT2D eigenvalue weighted by atomic mass is 16.3. The summed E-state index contributed by atoms with van der Waals surface area (Å²) in [6.45, 7) is 1.77. The average Bonchev–Trinajstić information content (AvgIpc) is 3.66. The molecule has 4 heterocycles. The number of furan rings is 1. The van der Waals surface area contributed by atoms with Crippen molar-refractivity contribution in [2.24, 2.45) is 0 Å². The van der Waals surface area contributed by atoms with Crippen LogP contribution in [0.3, 0.4) is 0 Å². The number of rotatable bonds is 5. The van der Waals surface area contributed by atoms with Gasteiger partial charge in [-0.25, -0.2) is 9.50 Å². The normalized spacial score (nSPS) is 13.0. The number of nitrogens with zero attached hydrogens (tertiary/aromatic N) is 3. The highest BCUT2D eigenvalue weighted by molar-refractivity contribution is 6.09. The van der Waals surface area contributed by atoms with E-state index in [4.69, 9.17) is 9.40 Å². The van der Waals surface area contributed by atoms with Crippen LogP contribution in [0.1, 0.15) is 21.5 Å². The van der Waals surface area contributed by atoms with Crippen LogP contribution in [0.15, 0.2) is 108 Å². The maximum atomic E-state index is 13.1. The van der Waals surface area contributed by atoms with Gasteiger partial charge in [-0.05, 0) is 78.7 Å². The molecule has 0 radical (unpaired) electrons. The molecular weight excluding hydrogens is 524 g/mol. The van der Waals surface area contributed by atoms with Crippen molar-refractivity contribution >= 4 is 50.7 Å². The van der Waals surface area contributed by atoms with Crippen molar-refractivity contribution in [1.29, 1.82) is 0 Å². The Morgan fingerprint density at radius 2 is 1.74 bits per heavy atom. The molecule has 8 nitrogen and oxygen atoms in total. The zero-order valence-corrected chi connectivity index (χ0v) is 22.6. The first-order valence-corrected chi connectivity index (χ1v) is 14.0. The molecule has 1 aliphatic rings. The standard InChI is InChI=1S/C34H26N6O2/c41-33(22-11-12-23-20-35-15-13-21(23)17-22)37-24-5-3-6-25(18-24)38-34-39-30(19-26-14-16-36-40(26)34)29-9-4-8-28-27-7-1-2-10-31(27)42-32(28)29/h1-12,14,16-19,35H,13,15,20H2,(H,37,41)(H,38,39). The van der Waals surface area contributed by atoms with Gasteiger partial charge >= 0.3 is 0 Å². The molecule has 0 spiro atoms. The molecule has 0 saturated heterocycles. The van der Waals surface area contributed by atoms with Gasteiger partial charge in [-0.3, -0.25) is 4.79 Å². The van der Waals surface area contributed by atoms with Crippen molar-refractivity contribution in [1.82, 2.24) is 19.9 Å². The SMILES string of the molecule is O=C(Nc1cccc(Nc2nc(-c3cccc4c3oc3ccccc34)cc3ccnn23)c1)c1ccc2c(c1)CCNC2. The number of fused-ring (bicyclic) bond motifs is 5. The molecule has 8 heteroatoms. The third-order valence-corrected chi connectivity index (χ3v) is 7.80. The smallest absolute Gasteiger partial charge is 0.255 e. The fourth-order valence-corrected chi connectivity index (χ4v) is 5.73. The van der Waals surface area contributed by atoms with E-state index in [0.29, 0.717) is 17.2 Å². The summed E-state index contributed by atoms with van der Waals surface area (Å²) in [5.74, 6) is 0.411. The Morgan fingerprint density at radius 3 is 2.71 bits per heavy atom. The van der Waals surface area contributed by atoms with Gasteiger partial charge in [-0.1, -0.05) is 42.5 Å². The Labute approximate surface area is 241 Å². The largest absolute Gasteiger partial charge is 0.455 e. The van der Waals surface area contributed by atoms with Crippen LogP contribution in [0.5, 0.6) is 0 Å². The predicted octanol–water partition coefficient (Wildman–Crippen LogP) is 6.94. The zero-order chi connectivity index (χ0) is 28.0. The van der Waals surface area contributed by atoms with Crippen LogP contribution in [0.4, 0.5) is 17.3 Å². The van der Waals surface area contributed by atoms with Crippen molar-refractivity contribution in [2.45, 2.75) is 13.0 Å². The first-order valence-electron chi connectivity index (χ1n) is 14.0. The molecule has 1 amide bonds.